The summed E-state index contributed by atoms with van der Waals surface area (Å²) in [5.41, 5.74) is 1.08. The molecule has 3 fully saturated rings. The maximum absolute atomic E-state index is 12.3. The number of carbonyl (C=O) groups is 2. The molecule has 2 saturated heterocycles. The molecule has 3 atom stereocenters. The third-order valence-corrected chi connectivity index (χ3v) is 5.65. The van der Waals surface area contributed by atoms with E-state index < -0.39 is 12.1 Å². The molecule has 0 spiro atoms. The quantitative estimate of drug-likeness (QED) is 0.780. The molecule has 29 heavy (non-hydrogen) atoms. The molecule has 160 valence electrons. The maximum Gasteiger partial charge on any atom is 0.490 e. The zero-order valence-electron chi connectivity index (χ0n) is 15.8. The van der Waals surface area contributed by atoms with E-state index in [0.717, 1.165) is 44.8 Å². The number of ether oxygens (including phenoxy) is 1. The van der Waals surface area contributed by atoms with Gasteiger partial charge in [0, 0.05) is 43.2 Å². The van der Waals surface area contributed by atoms with E-state index in [1.54, 1.807) is 0 Å². The molecule has 4 rings (SSSR count). The van der Waals surface area contributed by atoms with Crippen molar-refractivity contribution in [3.05, 3.63) is 30.1 Å². The van der Waals surface area contributed by atoms with E-state index in [2.05, 4.69) is 21.3 Å². The van der Waals surface area contributed by atoms with Crippen LogP contribution >= 0.6 is 0 Å². The predicted octanol–water partition coefficient (Wildman–Crippen LogP) is 1.83. The first kappa shape index (κ1) is 21.5. The van der Waals surface area contributed by atoms with E-state index in [0.29, 0.717) is 12.0 Å². The molecule has 7 nitrogen and oxygen atoms in total. The van der Waals surface area contributed by atoms with E-state index in [1.165, 1.54) is 6.42 Å². The van der Waals surface area contributed by atoms with E-state index in [9.17, 15) is 18.0 Å². The topological polar surface area (TPSA) is 91.8 Å². The first-order valence-corrected chi connectivity index (χ1v) is 9.58. The lowest BCUT2D eigenvalue weighted by Crippen LogP contribution is -2.45. The van der Waals surface area contributed by atoms with Crippen LogP contribution in [0.3, 0.4) is 0 Å². The molecule has 0 bridgehead atoms. The van der Waals surface area contributed by atoms with Crippen LogP contribution in [-0.4, -0.2) is 64.9 Å². The Bertz CT molecular complexity index is 712. The Morgan fingerprint density at radius 1 is 1.28 bits per heavy atom. The molecule has 1 saturated carbocycles. The summed E-state index contributed by atoms with van der Waals surface area (Å²) in [7, 11) is 0. The molecule has 1 aromatic heterocycles. The number of amides is 1. The highest BCUT2D eigenvalue weighted by Crippen LogP contribution is 2.32. The molecule has 0 unspecified atom stereocenters. The zero-order chi connectivity index (χ0) is 21.0. The monoisotopic (exact) mass is 415 g/mol. The minimum Gasteiger partial charge on any atom is -0.475 e. The van der Waals surface area contributed by atoms with Crippen LogP contribution in [0.25, 0.3) is 0 Å². The van der Waals surface area contributed by atoms with Gasteiger partial charge in [0.15, 0.2) is 0 Å². The number of likely N-dealkylation sites (tertiary alicyclic amines) is 1. The Kier molecular flexibility index (Phi) is 6.74. The number of carbonyl (C=O) groups excluding carboxylic acids is 1. The van der Waals surface area contributed by atoms with Crippen LogP contribution in [0, 0.1) is 11.8 Å². The van der Waals surface area contributed by atoms with Gasteiger partial charge in [0.2, 0.25) is 5.91 Å². The zero-order valence-corrected chi connectivity index (χ0v) is 15.8. The van der Waals surface area contributed by atoms with Gasteiger partial charge in [-0.2, -0.15) is 13.2 Å². The minimum absolute atomic E-state index is 0.226. The summed E-state index contributed by atoms with van der Waals surface area (Å²) in [6, 6.07) is 6.66. The van der Waals surface area contributed by atoms with Gasteiger partial charge in [-0.15, -0.1) is 0 Å². The van der Waals surface area contributed by atoms with Gasteiger partial charge in [-0.1, -0.05) is 12.5 Å². The first-order chi connectivity index (χ1) is 13.8. The van der Waals surface area contributed by atoms with E-state index in [-0.39, 0.29) is 17.9 Å². The van der Waals surface area contributed by atoms with Gasteiger partial charge in [-0.3, -0.25) is 14.7 Å². The van der Waals surface area contributed by atoms with Crippen molar-refractivity contribution in [3.8, 4) is 0 Å². The van der Waals surface area contributed by atoms with Crippen molar-refractivity contribution in [3.63, 3.8) is 0 Å². The van der Waals surface area contributed by atoms with Crippen molar-refractivity contribution in [1.29, 1.82) is 0 Å². The van der Waals surface area contributed by atoms with Crippen LogP contribution in [0.1, 0.15) is 25.0 Å². The molecule has 2 N–H and O–H groups in total. The van der Waals surface area contributed by atoms with Gasteiger partial charge in [0.25, 0.3) is 0 Å². The first-order valence-electron chi connectivity index (χ1n) is 9.58. The lowest BCUT2D eigenvalue weighted by Gasteiger charge is -2.27. The molecule has 3 heterocycles. The number of hydrogen-bond donors (Lipinski definition) is 2. The Labute approximate surface area is 166 Å². The predicted molar refractivity (Wildman–Crippen MR) is 95.7 cm³/mol. The van der Waals surface area contributed by atoms with Crippen molar-refractivity contribution < 1.29 is 32.6 Å². The lowest BCUT2D eigenvalue weighted by atomic mass is 9.84. The molecule has 0 radical (unpaired) electrons. The minimum atomic E-state index is -5.08. The number of nitrogens with zero attached hydrogens (tertiary/aromatic N) is 2. The lowest BCUT2D eigenvalue weighted by molar-refractivity contribution is -0.192. The average molecular weight is 415 g/mol. The van der Waals surface area contributed by atoms with Crippen molar-refractivity contribution in [1.82, 2.24) is 15.2 Å². The summed E-state index contributed by atoms with van der Waals surface area (Å²) >= 11 is 0. The number of halogens is 3. The normalized spacial score (nSPS) is 26.8. The third-order valence-electron chi connectivity index (χ3n) is 5.65. The second-order valence-corrected chi connectivity index (χ2v) is 7.56. The number of hydrogen-bond acceptors (Lipinski definition) is 5. The highest BCUT2D eigenvalue weighted by Gasteiger charge is 2.46. The molecular weight excluding hydrogens is 391 g/mol. The molecule has 3 aliphatic rings. The van der Waals surface area contributed by atoms with Crippen LogP contribution < -0.4 is 5.32 Å². The second kappa shape index (κ2) is 9.08. The van der Waals surface area contributed by atoms with Crippen molar-refractivity contribution in [2.75, 3.05) is 19.8 Å². The number of carboxylic acid groups (broad SMARTS) is 1. The van der Waals surface area contributed by atoms with Gasteiger partial charge in [0.05, 0.1) is 18.9 Å². The average Bonchev–Trinajstić information content (AvgIpc) is 3.19. The van der Waals surface area contributed by atoms with Crippen LogP contribution in [0.15, 0.2) is 24.4 Å². The number of pyridine rings is 1. The van der Waals surface area contributed by atoms with E-state index in [1.807, 2.05) is 18.3 Å². The van der Waals surface area contributed by atoms with Crippen LogP contribution in [0.4, 0.5) is 13.2 Å². The molecule has 10 heteroatoms. The van der Waals surface area contributed by atoms with Crippen LogP contribution in [-0.2, 0) is 20.9 Å². The highest BCUT2D eigenvalue weighted by molar-refractivity contribution is 5.79. The van der Waals surface area contributed by atoms with Crippen molar-refractivity contribution >= 4 is 11.9 Å². The number of aromatic nitrogens is 1. The van der Waals surface area contributed by atoms with Gasteiger partial charge in [0.1, 0.15) is 0 Å². The van der Waals surface area contributed by atoms with Crippen LogP contribution in [0.2, 0.25) is 0 Å². The fourth-order valence-corrected chi connectivity index (χ4v) is 3.85. The SMILES string of the molecule is O=C(N[C@@H]1CN(Cc2ccccn2)[C@@H]2COC[C@@H]21)C1CCC1.O=C(O)C(F)(F)F. The molecule has 0 aromatic carbocycles. The Hall–Kier alpha value is -2.20. The third kappa shape index (κ3) is 5.45. The molecule has 2 aliphatic heterocycles. The summed E-state index contributed by atoms with van der Waals surface area (Å²) in [6.45, 7) is 3.28. The van der Waals surface area contributed by atoms with Gasteiger partial charge in [-0.25, -0.2) is 4.79 Å². The number of nitrogens with one attached hydrogen (secondary N) is 1. The highest BCUT2D eigenvalue weighted by atomic mass is 19.4. The van der Waals surface area contributed by atoms with E-state index in [4.69, 9.17) is 14.6 Å². The Balaban J connectivity index is 0.000000298. The maximum atomic E-state index is 12.3. The summed E-state index contributed by atoms with van der Waals surface area (Å²) in [4.78, 5) is 28.0. The number of rotatable bonds is 4. The smallest absolute Gasteiger partial charge is 0.475 e. The number of aliphatic carboxylic acids is 1. The fourth-order valence-electron chi connectivity index (χ4n) is 3.85. The van der Waals surface area contributed by atoms with Gasteiger partial charge >= 0.3 is 12.1 Å². The van der Waals surface area contributed by atoms with Crippen molar-refractivity contribution in [2.24, 2.45) is 11.8 Å². The Morgan fingerprint density at radius 3 is 2.55 bits per heavy atom. The molecule has 1 amide bonds. The number of carboxylic acids is 1. The summed E-state index contributed by atoms with van der Waals surface area (Å²) in [5.74, 6) is -1.83. The second-order valence-electron chi connectivity index (χ2n) is 7.56. The summed E-state index contributed by atoms with van der Waals surface area (Å²) in [5, 5.41) is 10.4. The summed E-state index contributed by atoms with van der Waals surface area (Å²) in [6.07, 6.45) is 0.0647. The number of fused-ring (bicyclic) bond motifs is 1. The molecule has 1 aromatic rings. The summed E-state index contributed by atoms with van der Waals surface area (Å²) < 4.78 is 37.4. The van der Waals surface area contributed by atoms with Crippen LogP contribution in [0.5, 0.6) is 0 Å². The largest absolute Gasteiger partial charge is 0.490 e. The molecule has 1 aliphatic carbocycles. The van der Waals surface area contributed by atoms with Gasteiger partial charge < -0.3 is 15.2 Å². The number of alkyl halides is 3. The molecular formula is C19H24F3N3O4. The van der Waals surface area contributed by atoms with Crippen molar-refractivity contribution in [2.45, 2.75) is 44.1 Å². The van der Waals surface area contributed by atoms with E-state index >= 15 is 0 Å². The standard InChI is InChI=1S/C17H23N3O2.C2HF3O2/c21-17(12-4-3-5-12)19-15-9-20(16-11-22-10-14(15)16)8-13-6-1-2-7-18-13;3-2(4,5)1(6)7/h1-2,6-7,12,14-16H,3-5,8-11H2,(H,19,21);(H,6,7)/t14-,15-,16-;/m1./s1. The van der Waals surface area contributed by atoms with Gasteiger partial charge in [-0.05, 0) is 25.0 Å². The fraction of sp³-hybridized carbons (Fsp3) is 0.632. The Morgan fingerprint density at radius 2 is 2.00 bits per heavy atom.